The molecule has 2 aliphatic heterocycles. The Hall–Kier alpha value is -2.81. The lowest BCUT2D eigenvalue weighted by Crippen LogP contribution is -2.33. The van der Waals surface area contributed by atoms with Crippen LogP contribution in [0.1, 0.15) is 41.4 Å². The van der Waals surface area contributed by atoms with Crippen LogP contribution in [0, 0.1) is 0 Å². The third kappa shape index (κ3) is 4.14. The van der Waals surface area contributed by atoms with Crippen LogP contribution in [0.15, 0.2) is 53.4 Å². The van der Waals surface area contributed by atoms with Crippen molar-refractivity contribution < 1.29 is 13.2 Å². The molecule has 172 valence electrons. The average Bonchev–Trinajstić information content (AvgIpc) is 3.38. The van der Waals surface area contributed by atoms with E-state index in [0.29, 0.717) is 30.9 Å². The molecule has 7 nitrogen and oxygen atoms in total. The fourth-order valence-corrected chi connectivity index (χ4v) is 6.34. The Labute approximate surface area is 194 Å². The Morgan fingerprint density at radius 2 is 1.85 bits per heavy atom. The van der Waals surface area contributed by atoms with Crippen LogP contribution in [-0.2, 0) is 23.0 Å². The first-order valence-corrected chi connectivity index (χ1v) is 13.0. The van der Waals surface area contributed by atoms with Gasteiger partial charge in [-0.15, -0.1) is 0 Å². The number of nitrogens with zero attached hydrogens (tertiary/aromatic N) is 3. The van der Waals surface area contributed by atoms with Gasteiger partial charge in [-0.2, -0.15) is 4.31 Å². The van der Waals surface area contributed by atoms with Crippen molar-refractivity contribution in [1.82, 2.24) is 14.2 Å². The molecule has 1 amide bonds. The minimum atomic E-state index is -3.56. The highest BCUT2D eigenvalue weighted by Gasteiger charge is 2.28. The zero-order chi connectivity index (χ0) is 23.0. The fourth-order valence-electron chi connectivity index (χ4n) is 4.78. The molecule has 1 N–H and O–H groups in total. The molecule has 8 heteroatoms. The average molecular weight is 465 g/mol. The number of rotatable bonds is 5. The summed E-state index contributed by atoms with van der Waals surface area (Å²) in [6.45, 7) is 5.71. The summed E-state index contributed by atoms with van der Waals surface area (Å²) in [5.41, 5.74) is 3.82. The SMILES string of the molecule is CCN1CCc2nc3ccccc3c(C(=O)Nc3cccc(S(=O)(=O)N4CCCC4)c3)c2C1. The molecule has 0 bridgehead atoms. The van der Waals surface area contributed by atoms with Gasteiger partial charge < -0.3 is 5.32 Å². The molecule has 2 aromatic carbocycles. The van der Waals surface area contributed by atoms with Gasteiger partial charge in [-0.3, -0.25) is 14.7 Å². The van der Waals surface area contributed by atoms with E-state index in [9.17, 15) is 13.2 Å². The monoisotopic (exact) mass is 464 g/mol. The molecule has 0 aliphatic carbocycles. The smallest absolute Gasteiger partial charge is 0.256 e. The predicted octanol–water partition coefficient (Wildman–Crippen LogP) is 3.65. The van der Waals surface area contributed by atoms with Crippen molar-refractivity contribution in [3.8, 4) is 0 Å². The number of carbonyl (C=O) groups is 1. The lowest BCUT2D eigenvalue weighted by atomic mass is 9.95. The summed E-state index contributed by atoms with van der Waals surface area (Å²) in [5.74, 6) is -0.237. The number of hydrogen-bond acceptors (Lipinski definition) is 5. The molecule has 0 atom stereocenters. The lowest BCUT2D eigenvalue weighted by Gasteiger charge is -2.29. The maximum atomic E-state index is 13.6. The third-order valence-electron chi connectivity index (χ3n) is 6.59. The summed E-state index contributed by atoms with van der Waals surface area (Å²) in [6, 6.07) is 14.3. The standard InChI is InChI=1S/C25H28N4O3S/c1-2-28-15-12-23-21(17-28)24(20-10-3-4-11-22(20)27-23)25(30)26-18-8-7-9-19(16-18)33(31,32)29-13-5-6-14-29/h3-4,7-11,16H,2,5-6,12-15,17H2,1H3,(H,26,30). The van der Waals surface area contributed by atoms with E-state index in [-0.39, 0.29) is 10.8 Å². The van der Waals surface area contributed by atoms with Crippen LogP contribution in [0.2, 0.25) is 0 Å². The largest absolute Gasteiger partial charge is 0.322 e. The molecule has 33 heavy (non-hydrogen) atoms. The maximum absolute atomic E-state index is 13.6. The Morgan fingerprint density at radius 1 is 1.06 bits per heavy atom. The van der Waals surface area contributed by atoms with Crippen LogP contribution in [-0.4, -0.2) is 54.7 Å². The number of nitrogens with one attached hydrogen (secondary N) is 1. The van der Waals surface area contributed by atoms with Crippen molar-refractivity contribution in [2.75, 3.05) is 31.5 Å². The van der Waals surface area contributed by atoms with E-state index in [4.69, 9.17) is 4.98 Å². The van der Waals surface area contributed by atoms with Crippen LogP contribution < -0.4 is 5.32 Å². The Kier molecular flexibility index (Phi) is 5.90. The molecule has 2 aliphatic rings. The summed E-state index contributed by atoms with van der Waals surface area (Å²) in [6.07, 6.45) is 2.56. The second-order valence-electron chi connectivity index (χ2n) is 8.64. The van der Waals surface area contributed by atoms with E-state index < -0.39 is 10.0 Å². The molecule has 0 saturated carbocycles. The number of carbonyl (C=O) groups excluding carboxylic acids is 1. The summed E-state index contributed by atoms with van der Waals surface area (Å²) >= 11 is 0. The van der Waals surface area contributed by atoms with Gasteiger partial charge in [0.25, 0.3) is 5.91 Å². The number of likely N-dealkylation sites (N-methyl/N-ethyl adjacent to an activating group) is 1. The summed E-state index contributed by atoms with van der Waals surface area (Å²) < 4.78 is 27.5. The van der Waals surface area contributed by atoms with Gasteiger partial charge in [0.15, 0.2) is 0 Å². The molecule has 0 spiro atoms. The highest BCUT2D eigenvalue weighted by molar-refractivity contribution is 7.89. The van der Waals surface area contributed by atoms with E-state index >= 15 is 0 Å². The zero-order valence-electron chi connectivity index (χ0n) is 18.8. The number of sulfonamides is 1. The molecule has 5 rings (SSSR count). The van der Waals surface area contributed by atoms with Gasteiger partial charge in [0.2, 0.25) is 10.0 Å². The van der Waals surface area contributed by atoms with Crippen LogP contribution in [0.5, 0.6) is 0 Å². The van der Waals surface area contributed by atoms with Crippen molar-refractivity contribution in [2.24, 2.45) is 0 Å². The second kappa shape index (κ2) is 8.85. The van der Waals surface area contributed by atoms with Gasteiger partial charge >= 0.3 is 0 Å². The summed E-state index contributed by atoms with van der Waals surface area (Å²) in [4.78, 5) is 20.9. The molecule has 3 aromatic rings. The lowest BCUT2D eigenvalue weighted by molar-refractivity contribution is 0.102. The number of anilines is 1. The molecule has 0 radical (unpaired) electrons. The molecular formula is C25H28N4O3S. The predicted molar refractivity (Wildman–Crippen MR) is 129 cm³/mol. The van der Waals surface area contributed by atoms with Crippen LogP contribution >= 0.6 is 0 Å². The van der Waals surface area contributed by atoms with E-state index in [2.05, 4.69) is 17.1 Å². The highest BCUT2D eigenvalue weighted by Crippen LogP contribution is 2.29. The Bertz CT molecular complexity index is 1320. The maximum Gasteiger partial charge on any atom is 0.256 e. The fraction of sp³-hybridized carbons (Fsp3) is 0.360. The van der Waals surface area contributed by atoms with Crippen LogP contribution in [0.4, 0.5) is 5.69 Å². The molecule has 0 unspecified atom stereocenters. The first-order valence-electron chi connectivity index (χ1n) is 11.5. The van der Waals surface area contributed by atoms with Crippen molar-refractivity contribution in [3.63, 3.8) is 0 Å². The van der Waals surface area contributed by atoms with E-state index in [1.165, 1.54) is 4.31 Å². The number of amides is 1. The van der Waals surface area contributed by atoms with Crippen LogP contribution in [0.25, 0.3) is 10.9 Å². The Balaban J connectivity index is 1.52. The molecule has 3 heterocycles. The third-order valence-corrected chi connectivity index (χ3v) is 8.49. The number of benzene rings is 2. The van der Waals surface area contributed by atoms with E-state index in [0.717, 1.165) is 54.5 Å². The van der Waals surface area contributed by atoms with Gasteiger partial charge in [-0.1, -0.05) is 31.2 Å². The molecule has 1 fully saturated rings. The minimum Gasteiger partial charge on any atom is -0.322 e. The van der Waals surface area contributed by atoms with E-state index in [1.54, 1.807) is 24.3 Å². The Morgan fingerprint density at radius 3 is 2.64 bits per heavy atom. The topological polar surface area (TPSA) is 82.6 Å². The number of para-hydroxylation sites is 1. The summed E-state index contributed by atoms with van der Waals surface area (Å²) in [7, 11) is -3.56. The van der Waals surface area contributed by atoms with Gasteiger partial charge in [-0.25, -0.2) is 8.42 Å². The van der Waals surface area contributed by atoms with E-state index in [1.807, 2.05) is 24.3 Å². The van der Waals surface area contributed by atoms with Crippen molar-refractivity contribution in [3.05, 3.63) is 65.4 Å². The number of aromatic nitrogens is 1. The summed E-state index contributed by atoms with van der Waals surface area (Å²) in [5, 5.41) is 3.78. The van der Waals surface area contributed by atoms with Crippen molar-refractivity contribution >= 4 is 32.5 Å². The number of fused-ring (bicyclic) bond motifs is 2. The first kappa shape index (κ1) is 22.0. The van der Waals surface area contributed by atoms with Gasteiger partial charge in [0, 0.05) is 54.9 Å². The van der Waals surface area contributed by atoms with Gasteiger partial charge in [-0.05, 0) is 43.7 Å². The number of pyridine rings is 1. The van der Waals surface area contributed by atoms with Gasteiger partial charge in [0.05, 0.1) is 16.0 Å². The minimum absolute atomic E-state index is 0.209. The van der Waals surface area contributed by atoms with Gasteiger partial charge in [0.1, 0.15) is 0 Å². The molecule has 1 saturated heterocycles. The first-order chi connectivity index (χ1) is 16.0. The zero-order valence-corrected chi connectivity index (χ0v) is 19.6. The molecule has 1 aromatic heterocycles. The van der Waals surface area contributed by atoms with Crippen LogP contribution in [0.3, 0.4) is 0 Å². The van der Waals surface area contributed by atoms with Crippen molar-refractivity contribution in [1.29, 1.82) is 0 Å². The second-order valence-corrected chi connectivity index (χ2v) is 10.6. The number of hydrogen-bond donors (Lipinski definition) is 1. The van der Waals surface area contributed by atoms with Crippen molar-refractivity contribution in [2.45, 2.75) is 37.6 Å². The molecular weight excluding hydrogens is 436 g/mol. The normalized spacial score (nSPS) is 17.2. The highest BCUT2D eigenvalue weighted by atomic mass is 32.2. The quantitative estimate of drug-likeness (QED) is 0.623.